The van der Waals surface area contributed by atoms with E-state index in [2.05, 4.69) is 17.1 Å². The maximum atomic E-state index is 12.9. The van der Waals surface area contributed by atoms with Gasteiger partial charge in [0.1, 0.15) is 5.75 Å². The van der Waals surface area contributed by atoms with E-state index in [1.165, 1.54) is 19.3 Å². The number of aromatic nitrogens is 2. The summed E-state index contributed by atoms with van der Waals surface area (Å²) < 4.78 is 44.3. The Kier molecular flexibility index (Phi) is 7.05. The van der Waals surface area contributed by atoms with Crippen LogP contribution in [-0.4, -0.2) is 16.8 Å². The molecule has 0 fully saturated rings. The van der Waals surface area contributed by atoms with Crippen LogP contribution in [0.5, 0.6) is 5.75 Å². The topological polar surface area (TPSA) is 35.0 Å². The standard InChI is InChI=1S/C18H20ClF3N2O/c1-2-3-4-5-6-11-25-14-9-7-13(8-10-14)16-12-15(18(20,21)22)17(19)24-23-16/h7-10,12H,2-6,11H2,1H3. The molecule has 0 amide bonds. The van der Waals surface area contributed by atoms with Crippen molar-refractivity contribution in [2.45, 2.75) is 45.2 Å². The lowest BCUT2D eigenvalue weighted by Gasteiger charge is -2.10. The van der Waals surface area contributed by atoms with Crippen molar-refractivity contribution in [3.05, 3.63) is 41.0 Å². The van der Waals surface area contributed by atoms with E-state index in [-0.39, 0.29) is 5.69 Å². The zero-order valence-corrected chi connectivity index (χ0v) is 14.7. The van der Waals surface area contributed by atoms with Crippen molar-refractivity contribution >= 4 is 11.6 Å². The van der Waals surface area contributed by atoms with Gasteiger partial charge in [-0.2, -0.15) is 13.2 Å². The molecule has 2 aromatic rings. The minimum Gasteiger partial charge on any atom is -0.494 e. The highest BCUT2D eigenvalue weighted by Crippen LogP contribution is 2.35. The van der Waals surface area contributed by atoms with E-state index >= 15 is 0 Å². The van der Waals surface area contributed by atoms with Crippen LogP contribution >= 0.6 is 11.6 Å². The van der Waals surface area contributed by atoms with Gasteiger partial charge < -0.3 is 4.74 Å². The van der Waals surface area contributed by atoms with Crippen molar-refractivity contribution < 1.29 is 17.9 Å². The first-order valence-electron chi connectivity index (χ1n) is 8.25. The Morgan fingerprint density at radius 2 is 1.68 bits per heavy atom. The molecule has 2 rings (SSSR count). The zero-order valence-electron chi connectivity index (χ0n) is 13.9. The normalized spacial score (nSPS) is 11.6. The van der Waals surface area contributed by atoms with Crippen LogP contribution in [0.1, 0.15) is 44.6 Å². The number of unbranched alkanes of at least 4 members (excludes halogenated alkanes) is 4. The van der Waals surface area contributed by atoms with Gasteiger partial charge in [0.25, 0.3) is 0 Å². The summed E-state index contributed by atoms with van der Waals surface area (Å²) in [6, 6.07) is 7.64. The number of hydrogen-bond acceptors (Lipinski definition) is 3. The van der Waals surface area contributed by atoms with Gasteiger partial charge in [-0.15, -0.1) is 10.2 Å². The van der Waals surface area contributed by atoms with Gasteiger partial charge in [0, 0.05) is 5.56 Å². The Morgan fingerprint density at radius 1 is 1.00 bits per heavy atom. The fourth-order valence-corrected chi connectivity index (χ4v) is 2.53. The Balaban J connectivity index is 1.98. The third-order valence-electron chi connectivity index (χ3n) is 3.72. The summed E-state index contributed by atoms with van der Waals surface area (Å²) in [6.45, 7) is 2.79. The first kappa shape index (κ1) is 19.5. The minimum atomic E-state index is -4.57. The van der Waals surface area contributed by atoms with Gasteiger partial charge in [-0.1, -0.05) is 44.2 Å². The summed E-state index contributed by atoms with van der Waals surface area (Å²) in [5, 5.41) is 6.47. The highest BCUT2D eigenvalue weighted by Gasteiger charge is 2.34. The second-order valence-electron chi connectivity index (χ2n) is 5.72. The second kappa shape index (κ2) is 9.04. The van der Waals surface area contributed by atoms with Crippen LogP contribution in [0, 0.1) is 0 Å². The predicted octanol–water partition coefficient (Wildman–Crippen LogP) is 6.17. The molecule has 0 radical (unpaired) electrons. The van der Waals surface area contributed by atoms with Crippen molar-refractivity contribution in [1.29, 1.82) is 0 Å². The molecule has 0 saturated carbocycles. The Labute approximate surface area is 150 Å². The van der Waals surface area contributed by atoms with E-state index in [0.717, 1.165) is 18.9 Å². The lowest BCUT2D eigenvalue weighted by atomic mass is 10.1. The van der Waals surface area contributed by atoms with E-state index in [0.29, 0.717) is 17.9 Å². The second-order valence-corrected chi connectivity index (χ2v) is 6.08. The Morgan fingerprint density at radius 3 is 2.32 bits per heavy atom. The molecule has 136 valence electrons. The monoisotopic (exact) mass is 372 g/mol. The van der Waals surface area contributed by atoms with E-state index in [1.807, 2.05) is 0 Å². The van der Waals surface area contributed by atoms with E-state index in [9.17, 15) is 13.2 Å². The third kappa shape index (κ3) is 5.88. The maximum absolute atomic E-state index is 12.9. The van der Waals surface area contributed by atoms with Crippen LogP contribution in [0.3, 0.4) is 0 Å². The molecule has 0 aliphatic heterocycles. The summed E-state index contributed by atoms with van der Waals surface area (Å²) in [5.74, 6) is 0.678. The molecule has 1 heterocycles. The third-order valence-corrected chi connectivity index (χ3v) is 4.00. The van der Waals surface area contributed by atoms with Crippen LogP contribution in [-0.2, 0) is 6.18 Å². The highest BCUT2D eigenvalue weighted by molar-refractivity contribution is 6.30. The van der Waals surface area contributed by atoms with Gasteiger partial charge in [0.2, 0.25) is 0 Å². The van der Waals surface area contributed by atoms with Crippen molar-refractivity contribution in [3.63, 3.8) is 0 Å². The molecule has 3 nitrogen and oxygen atoms in total. The highest BCUT2D eigenvalue weighted by atomic mass is 35.5. The number of rotatable bonds is 8. The molecule has 0 aliphatic rings. The van der Waals surface area contributed by atoms with Crippen molar-refractivity contribution in [3.8, 4) is 17.0 Å². The summed E-state index contributed by atoms with van der Waals surface area (Å²) >= 11 is 5.48. The van der Waals surface area contributed by atoms with Crippen molar-refractivity contribution in [2.24, 2.45) is 0 Å². The molecule has 7 heteroatoms. The molecular weight excluding hydrogens is 353 g/mol. The quantitative estimate of drug-likeness (QED) is 0.520. The van der Waals surface area contributed by atoms with Gasteiger partial charge in [-0.05, 0) is 36.8 Å². The van der Waals surface area contributed by atoms with Gasteiger partial charge in [0.05, 0.1) is 17.9 Å². The molecule has 0 unspecified atom stereocenters. The van der Waals surface area contributed by atoms with Gasteiger partial charge in [0.15, 0.2) is 5.15 Å². The van der Waals surface area contributed by atoms with Gasteiger partial charge >= 0.3 is 6.18 Å². The zero-order chi connectivity index (χ0) is 18.3. The summed E-state index contributed by atoms with van der Waals surface area (Å²) in [6.07, 6.45) is 1.19. The number of benzene rings is 1. The molecule has 0 saturated heterocycles. The number of ether oxygens (including phenoxy) is 1. The number of nitrogens with zero attached hydrogens (tertiary/aromatic N) is 2. The first-order valence-corrected chi connectivity index (χ1v) is 8.63. The molecule has 0 N–H and O–H groups in total. The molecule has 0 atom stereocenters. The van der Waals surface area contributed by atoms with Crippen LogP contribution in [0.4, 0.5) is 13.2 Å². The molecular formula is C18H20ClF3N2O. The summed E-state index contributed by atoms with van der Waals surface area (Å²) in [5.41, 5.74) is -0.362. The molecule has 0 bridgehead atoms. The fraction of sp³-hybridized carbons (Fsp3) is 0.444. The molecule has 1 aromatic carbocycles. The summed E-state index contributed by atoms with van der Waals surface area (Å²) in [4.78, 5) is 0. The van der Waals surface area contributed by atoms with Gasteiger partial charge in [-0.25, -0.2) is 0 Å². The average Bonchev–Trinajstić information content (AvgIpc) is 2.58. The smallest absolute Gasteiger partial charge is 0.419 e. The average molecular weight is 373 g/mol. The van der Waals surface area contributed by atoms with E-state index in [4.69, 9.17) is 16.3 Å². The lowest BCUT2D eigenvalue weighted by Crippen LogP contribution is -2.08. The maximum Gasteiger partial charge on any atom is 0.419 e. The SMILES string of the molecule is CCCCCCCOc1ccc(-c2cc(C(F)(F)F)c(Cl)nn2)cc1. The van der Waals surface area contributed by atoms with Crippen LogP contribution in [0.25, 0.3) is 11.3 Å². The van der Waals surface area contributed by atoms with Crippen LogP contribution < -0.4 is 4.74 Å². The van der Waals surface area contributed by atoms with Crippen molar-refractivity contribution in [2.75, 3.05) is 6.61 Å². The largest absolute Gasteiger partial charge is 0.494 e. The number of alkyl halides is 3. The molecule has 0 spiro atoms. The summed E-state index contributed by atoms with van der Waals surface area (Å²) in [7, 11) is 0. The fourth-order valence-electron chi connectivity index (χ4n) is 2.33. The van der Waals surface area contributed by atoms with Gasteiger partial charge in [-0.3, -0.25) is 0 Å². The van der Waals surface area contributed by atoms with Crippen LogP contribution in [0.2, 0.25) is 5.15 Å². The van der Waals surface area contributed by atoms with Crippen molar-refractivity contribution in [1.82, 2.24) is 10.2 Å². The number of halogens is 4. The van der Waals surface area contributed by atoms with E-state index in [1.54, 1.807) is 24.3 Å². The number of hydrogen-bond donors (Lipinski definition) is 0. The molecule has 0 aliphatic carbocycles. The minimum absolute atomic E-state index is 0.114. The van der Waals surface area contributed by atoms with Crippen LogP contribution in [0.15, 0.2) is 30.3 Å². The van der Waals surface area contributed by atoms with E-state index < -0.39 is 16.9 Å². The Bertz CT molecular complexity index is 675. The molecule has 25 heavy (non-hydrogen) atoms. The molecule has 1 aromatic heterocycles. The Hall–Kier alpha value is -1.82. The lowest BCUT2D eigenvalue weighted by molar-refractivity contribution is -0.137. The first-order chi connectivity index (χ1) is 11.9. The predicted molar refractivity (Wildman–Crippen MR) is 91.7 cm³/mol.